The molecule has 3 aromatic carbocycles. The van der Waals surface area contributed by atoms with E-state index in [4.69, 9.17) is 4.74 Å². The van der Waals surface area contributed by atoms with Crippen LogP contribution in [0.4, 0.5) is 0 Å². The van der Waals surface area contributed by atoms with Crippen molar-refractivity contribution < 1.29 is 4.74 Å². The third kappa shape index (κ3) is 2.29. The van der Waals surface area contributed by atoms with Gasteiger partial charge < -0.3 is 4.74 Å². The van der Waals surface area contributed by atoms with Crippen LogP contribution in [0, 0.1) is 0 Å². The van der Waals surface area contributed by atoms with E-state index < -0.39 is 0 Å². The lowest BCUT2D eigenvalue weighted by Gasteiger charge is -2.09. The Bertz CT molecular complexity index is 924. The largest absolute Gasteiger partial charge is 0.491 e. The fourth-order valence-electron chi connectivity index (χ4n) is 2.65. The Labute approximate surface area is 127 Å². The van der Waals surface area contributed by atoms with Crippen molar-refractivity contribution in [2.45, 2.75) is 6.54 Å². The Hall–Kier alpha value is -2.88. The first kappa shape index (κ1) is 12.8. The smallest absolute Gasteiger partial charge is 0.127 e. The normalized spacial score (nSPS) is 11.1. The van der Waals surface area contributed by atoms with Crippen molar-refractivity contribution >= 4 is 21.8 Å². The fourth-order valence-corrected chi connectivity index (χ4v) is 2.65. The van der Waals surface area contributed by atoms with Crippen LogP contribution < -0.4 is 4.74 Å². The predicted octanol–water partition coefficient (Wildman–Crippen LogP) is 3.66. The van der Waals surface area contributed by atoms with Gasteiger partial charge in [-0.15, -0.1) is 5.10 Å². The van der Waals surface area contributed by atoms with Gasteiger partial charge in [0.2, 0.25) is 0 Å². The molecule has 0 fully saturated rings. The molecule has 0 atom stereocenters. The molecule has 4 aromatic rings. The lowest BCUT2D eigenvalue weighted by Crippen LogP contribution is -2.09. The highest BCUT2D eigenvalue weighted by Gasteiger charge is 2.04. The van der Waals surface area contributed by atoms with Crippen molar-refractivity contribution in [1.82, 2.24) is 15.0 Å². The molecule has 1 heterocycles. The standard InChI is InChI=1S/C18H15N3O/c1-2-8-15-14(6-1)7-5-11-18(15)22-13-12-21-17-10-4-3-9-16(17)19-20-21/h1-11H,12-13H2. The monoisotopic (exact) mass is 289 g/mol. The highest BCUT2D eigenvalue weighted by molar-refractivity contribution is 5.88. The summed E-state index contributed by atoms with van der Waals surface area (Å²) in [5.74, 6) is 0.905. The summed E-state index contributed by atoms with van der Waals surface area (Å²) in [5, 5.41) is 10.6. The Kier molecular flexibility index (Phi) is 3.20. The van der Waals surface area contributed by atoms with Crippen molar-refractivity contribution in [2.75, 3.05) is 6.61 Å². The molecule has 0 radical (unpaired) electrons. The summed E-state index contributed by atoms with van der Waals surface area (Å²) in [6, 6.07) is 22.3. The van der Waals surface area contributed by atoms with E-state index in [2.05, 4.69) is 28.5 Å². The van der Waals surface area contributed by atoms with Gasteiger partial charge in [-0.25, -0.2) is 4.68 Å². The SMILES string of the molecule is c1ccc2c(OCCn3nnc4ccccc43)cccc2c1. The van der Waals surface area contributed by atoms with Crippen molar-refractivity contribution in [3.05, 3.63) is 66.7 Å². The summed E-state index contributed by atoms with van der Waals surface area (Å²) in [6.45, 7) is 1.23. The van der Waals surface area contributed by atoms with Crippen molar-refractivity contribution in [1.29, 1.82) is 0 Å². The molecule has 1 aromatic heterocycles. The first-order valence-corrected chi connectivity index (χ1v) is 7.30. The molecule has 4 nitrogen and oxygen atoms in total. The maximum atomic E-state index is 5.95. The first-order valence-electron chi connectivity index (χ1n) is 7.30. The second-order valence-corrected chi connectivity index (χ2v) is 5.13. The van der Waals surface area contributed by atoms with E-state index in [9.17, 15) is 0 Å². The topological polar surface area (TPSA) is 39.9 Å². The molecule has 22 heavy (non-hydrogen) atoms. The summed E-state index contributed by atoms with van der Waals surface area (Å²) in [6.07, 6.45) is 0. The Balaban J connectivity index is 1.53. The molecule has 0 aliphatic heterocycles. The molecule has 0 saturated carbocycles. The molecule has 0 unspecified atom stereocenters. The number of benzene rings is 3. The van der Waals surface area contributed by atoms with Crippen molar-refractivity contribution in [3.8, 4) is 5.75 Å². The minimum atomic E-state index is 0.557. The van der Waals surface area contributed by atoms with Gasteiger partial charge in [0.15, 0.2) is 0 Å². The zero-order chi connectivity index (χ0) is 14.8. The van der Waals surface area contributed by atoms with Crippen molar-refractivity contribution in [2.24, 2.45) is 0 Å². The van der Waals surface area contributed by atoms with Crippen LogP contribution in [0.2, 0.25) is 0 Å². The number of ether oxygens (including phenoxy) is 1. The highest BCUT2D eigenvalue weighted by atomic mass is 16.5. The molecule has 0 saturated heterocycles. The second kappa shape index (κ2) is 5.48. The highest BCUT2D eigenvalue weighted by Crippen LogP contribution is 2.25. The molecule has 108 valence electrons. The summed E-state index contributed by atoms with van der Waals surface area (Å²) in [5.41, 5.74) is 1.94. The number of hydrogen-bond donors (Lipinski definition) is 0. The molecule has 4 heteroatoms. The van der Waals surface area contributed by atoms with Gasteiger partial charge in [-0.05, 0) is 23.6 Å². The van der Waals surface area contributed by atoms with Crippen LogP contribution in [0.15, 0.2) is 66.7 Å². The number of hydrogen-bond acceptors (Lipinski definition) is 3. The maximum Gasteiger partial charge on any atom is 0.127 e. The first-order chi connectivity index (χ1) is 10.9. The van der Waals surface area contributed by atoms with Crippen LogP contribution >= 0.6 is 0 Å². The zero-order valence-corrected chi connectivity index (χ0v) is 12.0. The van der Waals surface area contributed by atoms with Gasteiger partial charge in [0, 0.05) is 5.39 Å². The van der Waals surface area contributed by atoms with E-state index in [0.717, 1.165) is 22.2 Å². The minimum absolute atomic E-state index is 0.557. The van der Waals surface area contributed by atoms with Gasteiger partial charge in [0.1, 0.15) is 17.9 Å². The lowest BCUT2D eigenvalue weighted by atomic mass is 10.1. The third-order valence-electron chi connectivity index (χ3n) is 3.73. The van der Waals surface area contributed by atoms with Gasteiger partial charge in [0.25, 0.3) is 0 Å². The quantitative estimate of drug-likeness (QED) is 0.575. The van der Waals surface area contributed by atoms with Crippen LogP contribution in [-0.2, 0) is 6.54 Å². The molecule has 0 aliphatic rings. The fraction of sp³-hybridized carbons (Fsp3) is 0.111. The number of rotatable bonds is 4. The number of nitrogens with zero attached hydrogens (tertiary/aromatic N) is 3. The van der Waals surface area contributed by atoms with Crippen LogP contribution in [0.5, 0.6) is 5.75 Å². The van der Waals surface area contributed by atoms with E-state index in [0.29, 0.717) is 13.2 Å². The maximum absolute atomic E-state index is 5.95. The lowest BCUT2D eigenvalue weighted by molar-refractivity contribution is 0.295. The number of aromatic nitrogens is 3. The predicted molar refractivity (Wildman–Crippen MR) is 87.0 cm³/mol. The average Bonchev–Trinajstić information content (AvgIpc) is 2.99. The molecule has 0 aliphatic carbocycles. The number of para-hydroxylation sites is 1. The summed E-state index contributed by atoms with van der Waals surface area (Å²) < 4.78 is 7.83. The van der Waals surface area contributed by atoms with E-state index in [1.807, 2.05) is 53.2 Å². The Morgan fingerprint density at radius 1 is 0.864 bits per heavy atom. The molecule has 0 bridgehead atoms. The summed E-state index contributed by atoms with van der Waals surface area (Å²) in [7, 11) is 0. The Morgan fingerprint density at radius 3 is 2.68 bits per heavy atom. The van der Waals surface area contributed by atoms with Crippen LogP contribution in [0.1, 0.15) is 0 Å². The average molecular weight is 289 g/mol. The Morgan fingerprint density at radius 2 is 1.68 bits per heavy atom. The van der Waals surface area contributed by atoms with E-state index in [1.54, 1.807) is 0 Å². The van der Waals surface area contributed by atoms with Crippen LogP contribution in [0.3, 0.4) is 0 Å². The third-order valence-corrected chi connectivity index (χ3v) is 3.73. The van der Waals surface area contributed by atoms with E-state index in [-0.39, 0.29) is 0 Å². The van der Waals surface area contributed by atoms with Gasteiger partial charge in [-0.2, -0.15) is 0 Å². The number of fused-ring (bicyclic) bond motifs is 2. The molecule has 0 spiro atoms. The minimum Gasteiger partial charge on any atom is -0.491 e. The zero-order valence-electron chi connectivity index (χ0n) is 12.0. The molecular formula is C18H15N3O. The van der Waals surface area contributed by atoms with Crippen LogP contribution in [0.25, 0.3) is 21.8 Å². The molecule has 0 amide bonds. The van der Waals surface area contributed by atoms with Gasteiger partial charge in [-0.1, -0.05) is 53.7 Å². The second-order valence-electron chi connectivity index (χ2n) is 5.13. The van der Waals surface area contributed by atoms with Crippen LogP contribution in [-0.4, -0.2) is 21.6 Å². The summed E-state index contributed by atoms with van der Waals surface area (Å²) >= 11 is 0. The van der Waals surface area contributed by atoms with Gasteiger partial charge in [-0.3, -0.25) is 0 Å². The van der Waals surface area contributed by atoms with E-state index >= 15 is 0 Å². The molecule has 4 rings (SSSR count). The molecular weight excluding hydrogens is 274 g/mol. The van der Waals surface area contributed by atoms with E-state index in [1.165, 1.54) is 5.39 Å². The van der Waals surface area contributed by atoms with Gasteiger partial charge >= 0.3 is 0 Å². The van der Waals surface area contributed by atoms with Crippen molar-refractivity contribution in [3.63, 3.8) is 0 Å². The summed E-state index contributed by atoms with van der Waals surface area (Å²) in [4.78, 5) is 0. The van der Waals surface area contributed by atoms with Gasteiger partial charge in [0.05, 0.1) is 12.1 Å². The molecule has 0 N–H and O–H groups in total.